The van der Waals surface area contributed by atoms with Crippen molar-refractivity contribution in [3.63, 3.8) is 0 Å². The molecule has 1 aliphatic heterocycles. The molecule has 9 nitrogen and oxygen atoms in total. The molecule has 0 spiro atoms. The van der Waals surface area contributed by atoms with Crippen LogP contribution in [0.15, 0.2) is 41.3 Å². The van der Waals surface area contributed by atoms with E-state index in [9.17, 15) is 27.6 Å². The van der Waals surface area contributed by atoms with Crippen molar-refractivity contribution in [1.82, 2.24) is 19.5 Å². The van der Waals surface area contributed by atoms with Crippen LogP contribution in [-0.4, -0.2) is 57.2 Å². The van der Waals surface area contributed by atoms with E-state index in [1.165, 1.54) is 12.3 Å². The number of piperidine rings is 1. The van der Waals surface area contributed by atoms with Crippen LogP contribution in [0.4, 0.5) is 18.9 Å². The van der Waals surface area contributed by atoms with Crippen LogP contribution in [0.1, 0.15) is 41.7 Å². The van der Waals surface area contributed by atoms with Crippen molar-refractivity contribution in [2.45, 2.75) is 31.9 Å². The van der Waals surface area contributed by atoms with E-state index in [1.807, 2.05) is 6.92 Å². The number of aromatic amines is 1. The molecule has 0 atom stereocenters. The van der Waals surface area contributed by atoms with Crippen molar-refractivity contribution in [2.75, 3.05) is 25.0 Å². The summed E-state index contributed by atoms with van der Waals surface area (Å²) in [5.41, 5.74) is 0.693. The van der Waals surface area contributed by atoms with Gasteiger partial charge in [-0.1, -0.05) is 0 Å². The van der Waals surface area contributed by atoms with E-state index in [-0.39, 0.29) is 43.1 Å². The molecular weight excluding hydrogens is 455 g/mol. The van der Waals surface area contributed by atoms with E-state index in [4.69, 9.17) is 4.74 Å². The average Bonchev–Trinajstić information content (AvgIpc) is 3.24. The van der Waals surface area contributed by atoms with Crippen LogP contribution in [0.25, 0.3) is 5.65 Å². The Balaban J connectivity index is 1.53. The first-order chi connectivity index (χ1) is 16.2. The second-order valence-corrected chi connectivity index (χ2v) is 7.84. The van der Waals surface area contributed by atoms with Crippen LogP contribution in [0, 0.1) is 0 Å². The maximum absolute atomic E-state index is 12.8. The number of likely N-dealkylation sites (tertiary alicyclic amines) is 1. The molecule has 4 rings (SSSR count). The third kappa shape index (κ3) is 4.75. The summed E-state index contributed by atoms with van der Waals surface area (Å²) in [7, 11) is 0. The molecule has 0 radical (unpaired) electrons. The highest BCUT2D eigenvalue weighted by Crippen LogP contribution is 2.29. The molecule has 3 heterocycles. The highest BCUT2D eigenvalue weighted by atomic mass is 19.4. The highest BCUT2D eigenvalue weighted by molar-refractivity contribution is 6.08. The van der Waals surface area contributed by atoms with Gasteiger partial charge in [0.05, 0.1) is 12.3 Å². The molecular formula is C22H22F3N5O4. The summed E-state index contributed by atoms with van der Waals surface area (Å²) < 4.78 is 44.5. The second kappa shape index (κ2) is 9.20. The van der Waals surface area contributed by atoms with E-state index in [0.29, 0.717) is 23.7 Å². The van der Waals surface area contributed by atoms with E-state index in [2.05, 4.69) is 15.4 Å². The van der Waals surface area contributed by atoms with Gasteiger partial charge in [0.15, 0.2) is 5.65 Å². The lowest BCUT2D eigenvalue weighted by molar-refractivity contribution is -0.186. The molecule has 180 valence electrons. The van der Waals surface area contributed by atoms with Gasteiger partial charge in [-0.2, -0.15) is 13.2 Å². The van der Waals surface area contributed by atoms with Crippen molar-refractivity contribution in [1.29, 1.82) is 0 Å². The number of hydrogen-bond donors (Lipinski definition) is 2. The van der Waals surface area contributed by atoms with Gasteiger partial charge in [0.2, 0.25) is 0 Å². The Morgan fingerprint density at radius 3 is 2.50 bits per heavy atom. The lowest BCUT2D eigenvalue weighted by atomic mass is 9.93. The molecule has 3 aromatic rings. The monoisotopic (exact) mass is 477 g/mol. The molecule has 1 saturated heterocycles. The van der Waals surface area contributed by atoms with Gasteiger partial charge in [0.25, 0.3) is 11.5 Å². The molecule has 2 amide bonds. The van der Waals surface area contributed by atoms with Crippen molar-refractivity contribution in [3.8, 4) is 5.75 Å². The minimum absolute atomic E-state index is 0.0950. The normalized spacial score (nSPS) is 14.9. The first-order valence-corrected chi connectivity index (χ1v) is 10.7. The molecule has 2 N–H and O–H groups in total. The van der Waals surface area contributed by atoms with E-state index in [1.54, 1.807) is 24.3 Å². The van der Waals surface area contributed by atoms with Crippen LogP contribution in [0.5, 0.6) is 5.75 Å². The number of aromatic nitrogens is 3. The van der Waals surface area contributed by atoms with E-state index in [0.717, 1.165) is 9.42 Å². The number of anilines is 1. The molecule has 1 aromatic carbocycles. The Bertz CT molecular complexity index is 1260. The smallest absolute Gasteiger partial charge is 0.471 e. The van der Waals surface area contributed by atoms with Gasteiger partial charge in [-0.25, -0.2) is 9.50 Å². The third-order valence-corrected chi connectivity index (χ3v) is 5.63. The number of halogens is 3. The Kier molecular flexibility index (Phi) is 6.31. The van der Waals surface area contributed by atoms with Crippen molar-refractivity contribution in [3.05, 3.63) is 58.1 Å². The number of nitrogens with zero attached hydrogens (tertiary/aromatic N) is 3. The molecule has 1 aliphatic rings. The number of H-pyrrole nitrogens is 1. The lowest BCUT2D eigenvalue weighted by Crippen LogP contribution is -2.45. The van der Waals surface area contributed by atoms with Crippen LogP contribution in [0.3, 0.4) is 0 Å². The maximum atomic E-state index is 12.8. The fourth-order valence-electron chi connectivity index (χ4n) is 3.93. The quantitative estimate of drug-likeness (QED) is 0.588. The fraction of sp³-hybridized carbons (Fsp3) is 0.364. The van der Waals surface area contributed by atoms with Crippen molar-refractivity contribution >= 4 is 23.1 Å². The van der Waals surface area contributed by atoms with Crippen LogP contribution in [-0.2, 0) is 4.79 Å². The third-order valence-electron chi connectivity index (χ3n) is 5.63. The number of ether oxygens (including phenoxy) is 1. The zero-order valence-electron chi connectivity index (χ0n) is 18.2. The Morgan fingerprint density at radius 2 is 1.88 bits per heavy atom. The molecule has 0 unspecified atom stereocenters. The minimum atomic E-state index is -4.92. The van der Waals surface area contributed by atoms with Gasteiger partial charge < -0.3 is 15.0 Å². The number of hydrogen-bond acceptors (Lipinski definition) is 5. The Hall–Kier alpha value is -3.83. The fourth-order valence-corrected chi connectivity index (χ4v) is 3.93. The number of benzene rings is 1. The summed E-state index contributed by atoms with van der Waals surface area (Å²) in [6.45, 7) is 2.19. The first-order valence-electron chi connectivity index (χ1n) is 10.7. The first kappa shape index (κ1) is 23.3. The maximum Gasteiger partial charge on any atom is 0.471 e. The summed E-state index contributed by atoms with van der Waals surface area (Å²) in [4.78, 5) is 42.1. The Morgan fingerprint density at radius 1 is 1.21 bits per heavy atom. The van der Waals surface area contributed by atoms with Gasteiger partial charge in [0.1, 0.15) is 11.3 Å². The average molecular weight is 477 g/mol. The van der Waals surface area contributed by atoms with Gasteiger partial charge in [0, 0.05) is 37.0 Å². The second-order valence-electron chi connectivity index (χ2n) is 7.84. The van der Waals surface area contributed by atoms with Gasteiger partial charge in [-0.15, -0.1) is 0 Å². The summed E-state index contributed by atoms with van der Waals surface area (Å²) in [5, 5.41) is 5.44. The standard InChI is InChI=1S/C22H22F3N5O4/c1-2-34-15-5-3-14(4-6-15)27-20(32)16-12-26-30-18(31)11-17(28-19(16)30)13-7-9-29(10-8-13)21(33)22(23,24)25/h3-6,11-13,26H,2,7-10H2,1H3,(H,27,32). The number of carbonyl (C=O) groups is 2. The van der Waals surface area contributed by atoms with Crippen molar-refractivity contribution in [2.24, 2.45) is 0 Å². The van der Waals surface area contributed by atoms with Crippen LogP contribution < -0.4 is 15.6 Å². The summed E-state index contributed by atoms with van der Waals surface area (Å²) in [6.07, 6.45) is -3.10. The number of amides is 2. The predicted molar refractivity (Wildman–Crippen MR) is 116 cm³/mol. The summed E-state index contributed by atoms with van der Waals surface area (Å²) >= 11 is 0. The molecule has 0 saturated carbocycles. The molecule has 1 fully saturated rings. The van der Waals surface area contributed by atoms with Gasteiger partial charge in [-0.3, -0.25) is 19.5 Å². The molecule has 0 aliphatic carbocycles. The van der Waals surface area contributed by atoms with Crippen LogP contribution >= 0.6 is 0 Å². The minimum Gasteiger partial charge on any atom is -0.494 e. The predicted octanol–water partition coefficient (Wildman–Crippen LogP) is 2.94. The summed E-state index contributed by atoms with van der Waals surface area (Å²) in [5.74, 6) is -2.01. The number of fused-ring (bicyclic) bond motifs is 1. The number of nitrogens with one attached hydrogen (secondary N) is 2. The molecule has 34 heavy (non-hydrogen) atoms. The zero-order chi connectivity index (χ0) is 24.5. The lowest BCUT2D eigenvalue weighted by Gasteiger charge is -2.32. The van der Waals surface area contributed by atoms with E-state index >= 15 is 0 Å². The van der Waals surface area contributed by atoms with Gasteiger partial charge >= 0.3 is 12.1 Å². The number of carbonyl (C=O) groups excluding carboxylic acids is 2. The van der Waals surface area contributed by atoms with Crippen LogP contribution in [0.2, 0.25) is 0 Å². The van der Waals surface area contributed by atoms with Crippen molar-refractivity contribution < 1.29 is 27.5 Å². The molecule has 2 aromatic heterocycles. The highest BCUT2D eigenvalue weighted by Gasteiger charge is 2.43. The Labute approximate surface area is 191 Å². The molecule has 12 heteroatoms. The largest absolute Gasteiger partial charge is 0.494 e. The van der Waals surface area contributed by atoms with Gasteiger partial charge in [-0.05, 0) is 44.0 Å². The SMILES string of the molecule is CCOc1ccc(NC(=O)c2c[nH]n3c(=O)cc(C4CCN(C(=O)C(F)(F)F)CC4)nc23)cc1. The zero-order valence-corrected chi connectivity index (χ0v) is 18.2. The summed E-state index contributed by atoms with van der Waals surface area (Å²) in [6, 6.07) is 8.08. The molecule has 0 bridgehead atoms. The van der Waals surface area contributed by atoms with E-state index < -0.39 is 23.5 Å². The topological polar surface area (TPSA) is 109 Å². The number of alkyl halides is 3. The number of rotatable bonds is 5.